The van der Waals surface area contributed by atoms with Crippen molar-refractivity contribution in [1.82, 2.24) is 4.90 Å². The van der Waals surface area contributed by atoms with Gasteiger partial charge in [-0.25, -0.2) is 0 Å². The third kappa shape index (κ3) is 2.38. The van der Waals surface area contributed by atoms with E-state index >= 15 is 0 Å². The van der Waals surface area contributed by atoms with Crippen LogP contribution in [0.3, 0.4) is 0 Å². The number of piperidine rings is 1. The van der Waals surface area contributed by atoms with Crippen molar-refractivity contribution < 1.29 is 5.11 Å². The minimum absolute atomic E-state index is 0.657. The van der Waals surface area contributed by atoms with E-state index in [4.69, 9.17) is 0 Å². The fourth-order valence-corrected chi connectivity index (χ4v) is 2.93. The van der Waals surface area contributed by atoms with Gasteiger partial charge in [0.1, 0.15) is 5.60 Å². The second kappa shape index (κ2) is 4.43. The molecule has 1 aromatic rings. The second-order valence-electron chi connectivity index (χ2n) is 5.62. The van der Waals surface area contributed by atoms with E-state index in [-0.39, 0.29) is 0 Å². The Hall–Kier alpha value is -0.860. The highest BCUT2D eigenvalue weighted by Gasteiger charge is 2.34. The van der Waals surface area contributed by atoms with E-state index in [0.29, 0.717) is 0 Å². The summed E-state index contributed by atoms with van der Waals surface area (Å²) in [4.78, 5) is 2.22. The number of hydrogen-bond donors (Lipinski definition) is 1. The Morgan fingerprint density at radius 1 is 1.12 bits per heavy atom. The SMILES string of the molecule is Cc1cc(C)c(C2(O)CCCN(C)C2)cc1C. The van der Waals surface area contributed by atoms with Crippen LogP contribution in [0.25, 0.3) is 0 Å². The lowest BCUT2D eigenvalue weighted by Crippen LogP contribution is -2.44. The summed E-state index contributed by atoms with van der Waals surface area (Å²) in [5, 5.41) is 10.9. The molecule has 0 saturated carbocycles. The van der Waals surface area contributed by atoms with Gasteiger partial charge in [0.25, 0.3) is 0 Å². The van der Waals surface area contributed by atoms with Gasteiger partial charge in [-0.05, 0) is 69.5 Å². The van der Waals surface area contributed by atoms with E-state index in [2.05, 4.69) is 44.9 Å². The highest BCUT2D eigenvalue weighted by molar-refractivity contribution is 5.40. The summed E-state index contributed by atoms with van der Waals surface area (Å²) in [6.45, 7) is 8.19. The van der Waals surface area contributed by atoms with Crippen molar-refractivity contribution in [2.24, 2.45) is 0 Å². The molecule has 1 N–H and O–H groups in total. The van der Waals surface area contributed by atoms with Crippen LogP contribution in [-0.4, -0.2) is 30.1 Å². The van der Waals surface area contributed by atoms with Crippen LogP contribution in [0.2, 0.25) is 0 Å². The van der Waals surface area contributed by atoms with Crippen LogP contribution in [-0.2, 0) is 5.60 Å². The molecule has 1 aromatic carbocycles. The van der Waals surface area contributed by atoms with Gasteiger partial charge in [-0.15, -0.1) is 0 Å². The van der Waals surface area contributed by atoms with Crippen LogP contribution in [0.4, 0.5) is 0 Å². The van der Waals surface area contributed by atoms with Crippen LogP contribution in [0, 0.1) is 20.8 Å². The van der Waals surface area contributed by atoms with E-state index in [9.17, 15) is 5.11 Å². The molecule has 1 heterocycles. The lowest BCUT2D eigenvalue weighted by Gasteiger charge is -2.39. The first-order valence-corrected chi connectivity index (χ1v) is 6.42. The molecule has 17 heavy (non-hydrogen) atoms. The fraction of sp³-hybridized carbons (Fsp3) is 0.600. The Morgan fingerprint density at radius 3 is 2.41 bits per heavy atom. The second-order valence-corrected chi connectivity index (χ2v) is 5.62. The molecule has 1 unspecified atom stereocenters. The Labute approximate surface area is 104 Å². The molecule has 2 heteroatoms. The molecule has 0 aliphatic carbocycles. The van der Waals surface area contributed by atoms with E-state index in [0.717, 1.165) is 31.5 Å². The molecule has 1 atom stereocenters. The smallest absolute Gasteiger partial charge is 0.103 e. The van der Waals surface area contributed by atoms with Crippen molar-refractivity contribution in [1.29, 1.82) is 0 Å². The largest absolute Gasteiger partial charge is 0.384 e. The first-order valence-electron chi connectivity index (χ1n) is 6.42. The van der Waals surface area contributed by atoms with Crippen molar-refractivity contribution >= 4 is 0 Å². The van der Waals surface area contributed by atoms with Crippen LogP contribution < -0.4 is 0 Å². The quantitative estimate of drug-likeness (QED) is 0.805. The molecule has 1 fully saturated rings. The summed E-state index contributed by atoms with van der Waals surface area (Å²) in [5.74, 6) is 0. The van der Waals surface area contributed by atoms with E-state index in [1.54, 1.807) is 0 Å². The average molecular weight is 233 g/mol. The van der Waals surface area contributed by atoms with Crippen LogP contribution in [0.5, 0.6) is 0 Å². The molecular weight excluding hydrogens is 210 g/mol. The van der Waals surface area contributed by atoms with E-state index < -0.39 is 5.60 Å². The monoisotopic (exact) mass is 233 g/mol. The summed E-state index contributed by atoms with van der Waals surface area (Å²) in [7, 11) is 2.08. The highest BCUT2D eigenvalue weighted by atomic mass is 16.3. The predicted octanol–water partition coefficient (Wildman–Crippen LogP) is 2.53. The molecule has 0 radical (unpaired) electrons. The maximum absolute atomic E-state index is 10.9. The van der Waals surface area contributed by atoms with E-state index in [1.165, 1.54) is 16.7 Å². The Kier molecular flexibility index (Phi) is 3.28. The first-order chi connectivity index (χ1) is 7.92. The zero-order valence-electron chi connectivity index (χ0n) is 11.4. The Bertz CT molecular complexity index is 427. The van der Waals surface area contributed by atoms with Crippen molar-refractivity contribution in [2.45, 2.75) is 39.2 Å². The molecule has 0 spiro atoms. The molecule has 0 aromatic heterocycles. The summed E-state index contributed by atoms with van der Waals surface area (Å²) in [6.07, 6.45) is 1.94. The summed E-state index contributed by atoms with van der Waals surface area (Å²) < 4.78 is 0. The number of likely N-dealkylation sites (tertiary alicyclic amines) is 1. The van der Waals surface area contributed by atoms with Gasteiger partial charge in [-0.2, -0.15) is 0 Å². The molecule has 2 rings (SSSR count). The zero-order chi connectivity index (χ0) is 12.6. The number of likely N-dealkylation sites (N-methyl/N-ethyl adjacent to an activating group) is 1. The maximum atomic E-state index is 10.9. The number of nitrogens with zero attached hydrogens (tertiary/aromatic N) is 1. The molecule has 2 nitrogen and oxygen atoms in total. The lowest BCUT2D eigenvalue weighted by molar-refractivity contribution is -0.0282. The van der Waals surface area contributed by atoms with Crippen molar-refractivity contribution in [3.05, 3.63) is 34.4 Å². The number of β-amino-alcohol motifs (C(OH)–C–C–N with tert-alkyl or cyclic N) is 1. The van der Waals surface area contributed by atoms with Gasteiger partial charge in [-0.1, -0.05) is 12.1 Å². The molecule has 0 bridgehead atoms. The van der Waals surface area contributed by atoms with Gasteiger partial charge in [-0.3, -0.25) is 0 Å². The number of benzene rings is 1. The van der Waals surface area contributed by atoms with Crippen molar-refractivity contribution in [2.75, 3.05) is 20.1 Å². The Morgan fingerprint density at radius 2 is 1.76 bits per heavy atom. The third-order valence-corrected chi connectivity index (χ3v) is 4.00. The average Bonchev–Trinajstić information content (AvgIpc) is 2.23. The summed E-state index contributed by atoms with van der Waals surface area (Å²) in [6, 6.07) is 4.36. The van der Waals surface area contributed by atoms with Crippen molar-refractivity contribution in [3.8, 4) is 0 Å². The first kappa shape index (κ1) is 12.6. The minimum atomic E-state index is -0.657. The molecule has 94 valence electrons. The standard InChI is InChI=1S/C15H23NO/c1-11-8-13(3)14(9-12(11)2)15(17)6-5-7-16(4)10-15/h8-9,17H,5-7,10H2,1-4H3. The minimum Gasteiger partial charge on any atom is -0.384 e. The topological polar surface area (TPSA) is 23.5 Å². The zero-order valence-corrected chi connectivity index (χ0v) is 11.4. The number of hydrogen-bond acceptors (Lipinski definition) is 2. The van der Waals surface area contributed by atoms with E-state index in [1.807, 2.05) is 0 Å². The molecular formula is C15H23NO. The van der Waals surface area contributed by atoms with Gasteiger partial charge < -0.3 is 10.0 Å². The fourth-order valence-electron chi connectivity index (χ4n) is 2.93. The molecule has 1 aliphatic rings. The molecule has 0 amide bonds. The summed E-state index contributed by atoms with van der Waals surface area (Å²) >= 11 is 0. The predicted molar refractivity (Wildman–Crippen MR) is 71.3 cm³/mol. The third-order valence-electron chi connectivity index (χ3n) is 4.00. The van der Waals surface area contributed by atoms with Gasteiger partial charge >= 0.3 is 0 Å². The number of aliphatic hydroxyl groups is 1. The van der Waals surface area contributed by atoms with Gasteiger partial charge in [0, 0.05) is 6.54 Å². The maximum Gasteiger partial charge on any atom is 0.103 e. The van der Waals surface area contributed by atoms with Crippen molar-refractivity contribution in [3.63, 3.8) is 0 Å². The van der Waals surface area contributed by atoms with Gasteiger partial charge in [0.05, 0.1) is 0 Å². The Balaban J connectivity index is 2.41. The normalized spacial score (nSPS) is 26.2. The highest BCUT2D eigenvalue weighted by Crippen LogP contribution is 2.34. The molecule has 1 saturated heterocycles. The van der Waals surface area contributed by atoms with Crippen LogP contribution in [0.15, 0.2) is 12.1 Å². The van der Waals surface area contributed by atoms with Crippen LogP contribution >= 0.6 is 0 Å². The number of aryl methyl sites for hydroxylation is 3. The number of rotatable bonds is 1. The van der Waals surface area contributed by atoms with Gasteiger partial charge in [0.2, 0.25) is 0 Å². The van der Waals surface area contributed by atoms with Gasteiger partial charge in [0.15, 0.2) is 0 Å². The molecule has 1 aliphatic heterocycles. The van der Waals surface area contributed by atoms with Crippen LogP contribution in [0.1, 0.15) is 35.1 Å². The summed E-state index contributed by atoms with van der Waals surface area (Å²) in [5.41, 5.74) is 4.25. The lowest BCUT2D eigenvalue weighted by atomic mass is 9.82.